The molecule has 2 saturated heterocycles. The van der Waals surface area contributed by atoms with Crippen LogP contribution >= 0.6 is 24.8 Å². The number of carbonyl (C=O) groups excluding carboxylic acids is 1. The van der Waals surface area contributed by atoms with Gasteiger partial charge in [-0.3, -0.25) is 9.69 Å². The number of benzene rings is 1. The van der Waals surface area contributed by atoms with Gasteiger partial charge in [-0.05, 0) is 69.5 Å². The lowest BCUT2D eigenvalue weighted by Crippen LogP contribution is -2.54. The number of anilines is 1. The molecule has 3 N–H and O–H groups in total. The van der Waals surface area contributed by atoms with Crippen molar-refractivity contribution in [3.8, 4) is 5.75 Å². The normalized spacial score (nSPS) is 18.9. The maximum atomic E-state index is 12.5. The largest absolute Gasteiger partial charge is 0.492 e. The number of ether oxygens (including phenoxy) is 2. The first-order chi connectivity index (χ1) is 12.1. The van der Waals surface area contributed by atoms with Crippen LogP contribution in [0.2, 0.25) is 0 Å². The maximum Gasteiger partial charge on any atom is 0.244 e. The Morgan fingerprint density at radius 1 is 1.26 bits per heavy atom. The predicted molar refractivity (Wildman–Crippen MR) is 112 cm³/mol. The van der Waals surface area contributed by atoms with Gasteiger partial charge in [0.25, 0.3) is 0 Å². The third-order valence-corrected chi connectivity index (χ3v) is 5.13. The molecule has 27 heavy (non-hydrogen) atoms. The molecule has 154 valence electrons. The predicted octanol–water partition coefficient (Wildman–Crippen LogP) is 2.76. The number of halogens is 2. The fourth-order valence-corrected chi connectivity index (χ4v) is 3.40. The van der Waals surface area contributed by atoms with Crippen LogP contribution in [0.15, 0.2) is 18.2 Å². The van der Waals surface area contributed by atoms with E-state index in [2.05, 4.69) is 10.2 Å². The van der Waals surface area contributed by atoms with Gasteiger partial charge in [-0.15, -0.1) is 24.8 Å². The topological polar surface area (TPSA) is 76.8 Å². The minimum absolute atomic E-state index is 0. The number of nitrogens with two attached hydrogens (primary N) is 1. The quantitative estimate of drug-likeness (QED) is 0.740. The van der Waals surface area contributed by atoms with Gasteiger partial charge in [-0.25, -0.2) is 0 Å². The molecule has 1 aromatic carbocycles. The highest BCUT2D eigenvalue weighted by Crippen LogP contribution is 2.24. The summed E-state index contributed by atoms with van der Waals surface area (Å²) in [6.45, 7) is 7.08. The first kappa shape index (κ1) is 24.0. The third-order valence-electron chi connectivity index (χ3n) is 5.13. The molecule has 6 nitrogen and oxygen atoms in total. The van der Waals surface area contributed by atoms with Crippen LogP contribution in [0.1, 0.15) is 31.2 Å². The molecule has 0 aromatic heterocycles. The van der Waals surface area contributed by atoms with Crippen molar-refractivity contribution < 1.29 is 14.3 Å². The summed E-state index contributed by atoms with van der Waals surface area (Å²) in [4.78, 5) is 14.9. The van der Waals surface area contributed by atoms with Crippen molar-refractivity contribution in [2.24, 2.45) is 5.73 Å². The lowest BCUT2D eigenvalue weighted by molar-refractivity contribution is -0.124. The zero-order valence-corrected chi connectivity index (χ0v) is 17.5. The first-order valence-corrected chi connectivity index (χ1v) is 9.21. The SMILES string of the molecule is Cc1cc(NC(=O)C2(N)CCOCC2)ccc1OCCN1CCCC1.Cl.Cl. The molecule has 0 radical (unpaired) electrons. The van der Waals surface area contributed by atoms with Gasteiger partial charge >= 0.3 is 0 Å². The fraction of sp³-hybridized carbons (Fsp3) is 0.632. The highest BCUT2D eigenvalue weighted by molar-refractivity contribution is 5.98. The Bertz CT molecular complexity index is 604. The molecule has 0 saturated carbocycles. The van der Waals surface area contributed by atoms with E-state index in [9.17, 15) is 4.79 Å². The molecular formula is C19H31Cl2N3O3. The number of nitrogens with zero attached hydrogens (tertiary/aromatic N) is 1. The number of aryl methyl sites for hydroxylation is 1. The van der Waals surface area contributed by atoms with Crippen LogP contribution in [-0.2, 0) is 9.53 Å². The van der Waals surface area contributed by atoms with Crippen molar-refractivity contribution in [1.82, 2.24) is 4.90 Å². The van der Waals surface area contributed by atoms with E-state index in [1.807, 2.05) is 25.1 Å². The van der Waals surface area contributed by atoms with Gasteiger partial charge in [0.1, 0.15) is 17.9 Å². The Balaban J connectivity index is 0.00000182. The van der Waals surface area contributed by atoms with Gasteiger partial charge in [-0.2, -0.15) is 0 Å². The Morgan fingerprint density at radius 3 is 2.56 bits per heavy atom. The first-order valence-electron chi connectivity index (χ1n) is 9.21. The smallest absolute Gasteiger partial charge is 0.244 e. The maximum absolute atomic E-state index is 12.5. The molecule has 0 unspecified atom stereocenters. The van der Waals surface area contributed by atoms with E-state index >= 15 is 0 Å². The molecule has 2 aliphatic heterocycles. The minimum atomic E-state index is -0.836. The summed E-state index contributed by atoms with van der Waals surface area (Å²) in [6.07, 6.45) is 3.69. The molecule has 8 heteroatoms. The second kappa shape index (κ2) is 11.1. The van der Waals surface area contributed by atoms with Crippen LogP contribution in [0.25, 0.3) is 0 Å². The van der Waals surface area contributed by atoms with Gasteiger partial charge < -0.3 is 20.5 Å². The molecule has 2 heterocycles. The van der Waals surface area contributed by atoms with E-state index < -0.39 is 5.54 Å². The van der Waals surface area contributed by atoms with Crippen LogP contribution in [0.3, 0.4) is 0 Å². The van der Waals surface area contributed by atoms with Crippen molar-refractivity contribution in [1.29, 1.82) is 0 Å². The molecule has 0 atom stereocenters. The standard InChI is InChI=1S/C19H29N3O3.2ClH/c1-15-14-16(21-18(23)19(20)6-11-24-12-7-19)4-5-17(15)25-13-10-22-8-2-3-9-22;;/h4-5,14H,2-3,6-13,20H2,1H3,(H,21,23);2*1H. The lowest BCUT2D eigenvalue weighted by Gasteiger charge is -2.31. The van der Waals surface area contributed by atoms with Gasteiger partial charge in [0.05, 0.1) is 0 Å². The van der Waals surface area contributed by atoms with Crippen LogP contribution in [0, 0.1) is 6.92 Å². The average Bonchev–Trinajstić information content (AvgIpc) is 3.11. The number of likely N-dealkylation sites (tertiary alicyclic amines) is 1. The summed E-state index contributed by atoms with van der Waals surface area (Å²) in [5, 5.41) is 2.94. The van der Waals surface area contributed by atoms with Crippen molar-refractivity contribution in [2.45, 2.75) is 38.1 Å². The number of hydrogen-bond acceptors (Lipinski definition) is 5. The molecule has 0 bridgehead atoms. The number of carbonyl (C=O) groups is 1. The average molecular weight is 420 g/mol. The van der Waals surface area contributed by atoms with Gasteiger partial charge in [0, 0.05) is 25.4 Å². The summed E-state index contributed by atoms with van der Waals surface area (Å²) in [7, 11) is 0. The zero-order valence-electron chi connectivity index (χ0n) is 15.9. The van der Waals surface area contributed by atoms with Crippen LogP contribution in [-0.4, -0.2) is 55.8 Å². The van der Waals surface area contributed by atoms with E-state index in [-0.39, 0.29) is 30.7 Å². The Hall–Kier alpha value is -1.05. The fourth-order valence-electron chi connectivity index (χ4n) is 3.40. The summed E-state index contributed by atoms with van der Waals surface area (Å²) >= 11 is 0. The van der Waals surface area contributed by atoms with Gasteiger partial charge in [-0.1, -0.05) is 0 Å². The summed E-state index contributed by atoms with van der Waals surface area (Å²) in [5.41, 5.74) is 7.15. The Morgan fingerprint density at radius 2 is 1.93 bits per heavy atom. The summed E-state index contributed by atoms with van der Waals surface area (Å²) in [5.74, 6) is 0.726. The molecule has 2 aliphatic rings. The van der Waals surface area contributed by atoms with Crippen molar-refractivity contribution in [3.05, 3.63) is 23.8 Å². The highest BCUT2D eigenvalue weighted by atomic mass is 35.5. The van der Waals surface area contributed by atoms with E-state index in [0.717, 1.165) is 23.5 Å². The monoisotopic (exact) mass is 419 g/mol. The number of hydrogen-bond donors (Lipinski definition) is 2. The van der Waals surface area contributed by atoms with E-state index in [0.29, 0.717) is 32.7 Å². The molecular weight excluding hydrogens is 389 g/mol. The van der Waals surface area contributed by atoms with Crippen molar-refractivity contribution >= 4 is 36.4 Å². The summed E-state index contributed by atoms with van der Waals surface area (Å²) in [6, 6.07) is 5.73. The van der Waals surface area contributed by atoms with Crippen LogP contribution < -0.4 is 15.8 Å². The molecule has 2 fully saturated rings. The number of nitrogens with one attached hydrogen (secondary N) is 1. The molecule has 1 amide bonds. The molecule has 3 rings (SSSR count). The van der Waals surface area contributed by atoms with Crippen molar-refractivity contribution in [2.75, 3.05) is 44.8 Å². The molecule has 0 aliphatic carbocycles. The van der Waals surface area contributed by atoms with E-state index in [1.54, 1.807) is 0 Å². The highest BCUT2D eigenvalue weighted by Gasteiger charge is 2.35. The second-order valence-corrected chi connectivity index (χ2v) is 7.10. The Labute approximate surface area is 174 Å². The van der Waals surface area contributed by atoms with Gasteiger partial charge in [0.2, 0.25) is 5.91 Å². The van der Waals surface area contributed by atoms with E-state index in [4.69, 9.17) is 15.2 Å². The minimum Gasteiger partial charge on any atom is -0.492 e. The van der Waals surface area contributed by atoms with Crippen LogP contribution in [0.4, 0.5) is 5.69 Å². The molecule has 1 aromatic rings. The third kappa shape index (κ3) is 6.50. The summed E-state index contributed by atoms with van der Waals surface area (Å²) < 4.78 is 11.2. The van der Waals surface area contributed by atoms with E-state index in [1.165, 1.54) is 25.9 Å². The number of amides is 1. The number of rotatable bonds is 6. The van der Waals surface area contributed by atoms with Gasteiger partial charge in [0.15, 0.2) is 0 Å². The second-order valence-electron chi connectivity index (χ2n) is 7.10. The van der Waals surface area contributed by atoms with Crippen LogP contribution in [0.5, 0.6) is 5.75 Å². The lowest BCUT2D eigenvalue weighted by atomic mass is 9.90. The molecule has 0 spiro atoms. The Kier molecular flexibility index (Phi) is 9.84. The zero-order chi connectivity index (χ0) is 17.7. The van der Waals surface area contributed by atoms with Crippen molar-refractivity contribution in [3.63, 3.8) is 0 Å².